The van der Waals surface area contributed by atoms with Gasteiger partial charge in [0, 0.05) is 42.7 Å². The number of amides is 1. The molecule has 1 N–H and O–H groups in total. The molecule has 32 heavy (non-hydrogen) atoms. The Hall–Kier alpha value is -2.24. The van der Waals surface area contributed by atoms with Crippen molar-refractivity contribution in [1.82, 2.24) is 9.88 Å². The minimum absolute atomic E-state index is 0.0546. The van der Waals surface area contributed by atoms with Gasteiger partial charge in [0.2, 0.25) is 5.91 Å². The van der Waals surface area contributed by atoms with Crippen LogP contribution in [0.1, 0.15) is 63.6 Å². The van der Waals surface area contributed by atoms with Crippen molar-refractivity contribution in [2.75, 3.05) is 31.6 Å². The van der Waals surface area contributed by atoms with E-state index in [0.29, 0.717) is 18.4 Å². The molecule has 2 aliphatic heterocycles. The quantitative estimate of drug-likeness (QED) is 0.731. The summed E-state index contributed by atoms with van der Waals surface area (Å²) in [7, 11) is 2.08. The van der Waals surface area contributed by atoms with Gasteiger partial charge in [0.1, 0.15) is 5.60 Å². The summed E-state index contributed by atoms with van der Waals surface area (Å²) >= 11 is 0. The SMILES string of the molecule is CC(C)c1ccc([C@](O)(c2cncc(N3CCC(C(C)C)C3=O)c2)C2(C)CN(C)C2)cc1. The van der Waals surface area contributed by atoms with E-state index in [1.54, 1.807) is 12.4 Å². The molecule has 1 aromatic carbocycles. The van der Waals surface area contributed by atoms with Crippen molar-refractivity contribution in [3.05, 3.63) is 59.4 Å². The Morgan fingerprint density at radius 3 is 2.28 bits per heavy atom. The smallest absolute Gasteiger partial charge is 0.230 e. The third-order valence-electron chi connectivity index (χ3n) is 7.61. The lowest BCUT2D eigenvalue weighted by Crippen LogP contribution is -2.63. The molecule has 2 saturated heterocycles. The van der Waals surface area contributed by atoms with Gasteiger partial charge >= 0.3 is 0 Å². The number of carbonyl (C=O) groups excluding carboxylic acids is 1. The molecule has 0 aliphatic carbocycles. The number of hydrogen-bond acceptors (Lipinski definition) is 4. The van der Waals surface area contributed by atoms with Crippen molar-refractivity contribution in [3.63, 3.8) is 0 Å². The van der Waals surface area contributed by atoms with Gasteiger partial charge in [-0.1, -0.05) is 58.9 Å². The number of aliphatic hydroxyl groups is 1. The zero-order chi connectivity index (χ0) is 23.3. The molecule has 2 aliphatic rings. The fourth-order valence-electron chi connectivity index (χ4n) is 5.70. The van der Waals surface area contributed by atoms with E-state index in [-0.39, 0.29) is 17.2 Å². The van der Waals surface area contributed by atoms with Crippen molar-refractivity contribution in [2.24, 2.45) is 17.3 Å². The maximum Gasteiger partial charge on any atom is 0.230 e. The first-order chi connectivity index (χ1) is 15.1. The Morgan fingerprint density at radius 1 is 1.09 bits per heavy atom. The first-order valence-corrected chi connectivity index (χ1v) is 11.8. The molecular weight excluding hydrogens is 398 g/mol. The molecule has 0 radical (unpaired) electrons. The highest BCUT2D eigenvalue weighted by molar-refractivity contribution is 5.97. The van der Waals surface area contributed by atoms with Crippen LogP contribution in [0.2, 0.25) is 0 Å². The number of aromatic nitrogens is 1. The highest BCUT2D eigenvalue weighted by Crippen LogP contribution is 2.50. The van der Waals surface area contributed by atoms with Crippen molar-refractivity contribution in [2.45, 2.75) is 52.6 Å². The van der Waals surface area contributed by atoms with Crippen molar-refractivity contribution in [1.29, 1.82) is 0 Å². The second-order valence-electron chi connectivity index (χ2n) is 10.8. The number of nitrogens with zero attached hydrogens (tertiary/aromatic N) is 3. The average Bonchev–Trinajstić information content (AvgIpc) is 3.14. The first-order valence-electron chi connectivity index (χ1n) is 11.8. The van der Waals surface area contributed by atoms with E-state index in [2.05, 4.69) is 75.8 Å². The van der Waals surface area contributed by atoms with E-state index in [9.17, 15) is 9.90 Å². The van der Waals surface area contributed by atoms with Gasteiger partial charge in [0.05, 0.1) is 11.9 Å². The maximum atomic E-state index is 13.0. The van der Waals surface area contributed by atoms with E-state index >= 15 is 0 Å². The van der Waals surface area contributed by atoms with Gasteiger partial charge in [-0.25, -0.2) is 0 Å². The van der Waals surface area contributed by atoms with Crippen LogP contribution in [-0.2, 0) is 10.4 Å². The number of likely N-dealkylation sites (tertiary alicyclic amines) is 1. The van der Waals surface area contributed by atoms with Crippen LogP contribution >= 0.6 is 0 Å². The second-order valence-corrected chi connectivity index (χ2v) is 10.8. The van der Waals surface area contributed by atoms with Crippen molar-refractivity contribution >= 4 is 11.6 Å². The van der Waals surface area contributed by atoms with Gasteiger partial charge in [-0.05, 0) is 42.5 Å². The third-order valence-corrected chi connectivity index (χ3v) is 7.61. The molecule has 2 atom stereocenters. The van der Waals surface area contributed by atoms with Crippen LogP contribution in [0, 0.1) is 17.3 Å². The monoisotopic (exact) mass is 435 g/mol. The van der Waals surface area contributed by atoms with E-state index in [1.165, 1.54) is 5.56 Å². The number of anilines is 1. The molecule has 1 unspecified atom stereocenters. The molecule has 172 valence electrons. The molecule has 1 amide bonds. The van der Waals surface area contributed by atoms with E-state index in [0.717, 1.165) is 36.3 Å². The van der Waals surface area contributed by atoms with Crippen LogP contribution in [0.25, 0.3) is 0 Å². The Kier molecular flexibility index (Phi) is 5.93. The number of benzene rings is 1. The highest BCUT2D eigenvalue weighted by Gasteiger charge is 2.55. The maximum absolute atomic E-state index is 13.0. The summed E-state index contributed by atoms with van der Waals surface area (Å²) in [6.07, 6.45) is 4.38. The number of rotatable bonds is 6. The summed E-state index contributed by atoms with van der Waals surface area (Å²) in [5, 5.41) is 12.4. The molecule has 1 aromatic heterocycles. The zero-order valence-electron chi connectivity index (χ0n) is 20.3. The summed E-state index contributed by atoms with van der Waals surface area (Å²) in [5.74, 6) is 0.976. The molecule has 0 saturated carbocycles. The predicted molar refractivity (Wildman–Crippen MR) is 129 cm³/mol. The summed E-state index contributed by atoms with van der Waals surface area (Å²) < 4.78 is 0. The van der Waals surface area contributed by atoms with Crippen LogP contribution in [0.15, 0.2) is 42.7 Å². The number of carbonyl (C=O) groups is 1. The van der Waals surface area contributed by atoms with Gasteiger partial charge < -0.3 is 14.9 Å². The van der Waals surface area contributed by atoms with E-state index in [1.807, 2.05) is 11.0 Å². The van der Waals surface area contributed by atoms with Crippen LogP contribution in [-0.4, -0.2) is 47.6 Å². The second kappa shape index (κ2) is 8.27. The van der Waals surface area contributed by atoms with Crippen molar-refractivity contribution in [3.8, 4) is 0 Å². The fourth-order valence-corrected chi connectivity index (χ4v) is 5.70. The molecule has 5 heteroatoms. The molecule has 4 rings (SSSR count). The fraction of sp³-hybridized carbons (Fsp3) is 0.556. The topological polar surface area (TPSA) is 56.7 Å². The van der Waals surface area contributed by atoms with Crippen LogP contribution in [0.4, 0.5) is 5.69 Å². The van der Waals surface area contributed by atoms with Gasteiger partial charge in [0.15, 0.2) is 0 Å². The predicted octanol–water partition coefficient (Wildman–Crippen LogP) is 4.40. The number of hydrogen-bond donors (Lipinski definition) is 1. The Bertz CT molecular complexity index is 979. The van der Waals surface area contributed by atoms with Gasteiger partial charge in [0.25, 0.3) is 0 Å². The van der Waals surface area contributed by atoms with Gasteiger partial charge in [-0.15, -0.1) is 0 Å². The molecule has 0 bridgehead atoms. The van der Waals surface area contributed by atoms with Crippen molar-refractivity contribution < 1.29 is 9.90 Å². The van der Waals surface area contributed by atoms with E-state index in [4.69, 9.17) is 0 Å². The molecule has 2 fully saturated rings. The normalized spacial score (nSPS) is 23.0. The Morgan fingerprint density at radius 2 is 1.75 bits per heavy atom. The lowest BCUT2D eigenvalue weighted by molar-refractivity contribution is -0.127. The zero-order valence-corrected chi connectivity index (χ0v) is 20.3. The first kappa shape index (κ1) is 22.9. The number of pyridine rings is 1. The lowest BCUT2D eigenvalue weighted by atomic mass is 9.62. The average molecular weight is 436 g/mol. The van der Waals surface area contributed by atoms with Crippen LogP contribution in [0.3, 0.4) is 0 Å². The standard InChI is InChI=1S/C27H37N3O2/c1-18(2)20-7-9-21(10-8-20)27(32,26(5)16-29(6)17-26)22-13-23(15-28-14-22)30-12-11-24(19(3)4)25(30)31/h7-10,13-15,18-19,24,32H,11-12,16-17H2,1-6H3/t24?,27-/m0/s1. The van der Waals surface area contributed by atoms with Gasteiger partial charge in [-0.2, -0.15) is 0 Å². The van der Waals surface area contributed by atoms with Crippen LogP contribution < -0.4 is 4.90 Å². The Balaban J connectivity index is 1.76. The minimum Gasteiger partial charge on any atom is -0.380 e. The Labute approximate surface area is 192 Å². The third kappa shape index (κ3) is 3.65. The summed E-state index contributed by atoms with van der Waals surface area (Å²) in [4.78, 5) is 21.6. The largest absolute Gasteiger partial charge is 0.380 e. The van der Waals surface area contributed by atoms with Gasteiger partial charge in [-0.3, -0.25) is 9.78 Å². The summed E-state index contributed by atoms with van der Waals surface area (Å²) in [5.41, 5.74) is 2.12. The highest BCUT2D eigenvalue weighted by atomic mass is 16.3. The molecular formula is C27H37N3O2. The molecule has 0 spiro atoms. The summed E-state index contributed by atoms with van der Waals surface area (Å²) in [6.45, 7) is 13.0. The molecule has 5 nitrogen and oxygen atoms in total. The lowest BCUT2D eigenvalue weighted by Gasteiger charge is -2.56. The summed E-state index contributed by atoms with van der Waals surface area (Å²) in [6, 6.07) is 10.3. The molecule has 2 aromatic rings. The van der Waals surface area contributed by atoms with E-state index < -0.39 is 5.60 Å². The minimum atomic E-state index is -1.20. The van der Waals surface area contributed by atoms with Crippen LogP contribution in [0.5, 0.6) is 0 Å². The molecule has 3 heterocycles.